The molecule has 0 amide bonds. The van der Waals surface area contributed by atoms with E-state index in [1.165, 1.54) is 55.0 Å². The summed E-state index contributed by atoms with van der Waals surface area (Å²) in [5.74, 6) is 2.19. The fourth-order valence-corrected chi connectivity index (χ4v) is 4.69. The van der Waals surface area contributed by atoms with Gasteiger partial charge in [0.2, 0.25) is 0 Å². The van der Waals surface area contributed by atoms with E-state index in [2.05, 4.69) is 54.7 Å². The molecule has 1 heterocycles. The number of hydrogen-bond donors (Lipinski definition) is 0. The first-order valence-corrected chi connectivity index (χ1v) is 9.45. The van der Waals surface area contributed by atoms with Gasteiger partial charge in [0.15, 0.2) is 0 Å². The maximum atomic E-state index is 6.51. The first-order chi connectivity index (χ1) is 10.8. The molecule has 2 aromatic carbocycles. The number of ether oxygens (including phenoxy) is 1. The zero-order valence-electron chi connectivity index (χ0n) is 15.5. The molecule has 0 aromatic heterocycles. The van der Waals surface area contributed by atoms with Crippen LogP contribution in [0.15, 0.2) is 4.90 Å². The quantitative estimate of drug-likeness (QED) is 0.488. The zero-order valence-corrected chi connectivity index (χ0v) is 16.3. The van der Waals surface area contributed by atoms with Gasteiger partial charge in [0, 0.05) is 22.4 Å². The molecule has 1 nitrogen and oxygen atoms in total. The third kappa shape index (κ3) is 2.22. The predicted molar refractivity (Wildman–Crippen MR) is 101 cm³/mol. The molecule has 0 unspecified atom stereocenters. The number of rotatable bonds is 1. The van der Waals surface area contributed by atoms with Gasteiger partial charge in [-0.05, 0) is 93.7 Å². The maximum absolute atomic E-state index is 6.51. The SMILES string of the molecule is CSc1c(C)c(C)c2c(c1C)Cc1c(C)c(C)c(C)c(C)c1O2. The van der Waals surface area contributed by atoms with Gasteiger partial charge in [-0.1, -0.05) is 0 Å². The van der Waals surface area contributed by atoms with E-state index in [1.54, 1.807) is 0 Å². The van der Waals surface area contributed by atoms with Crippen LogP contribution in [0.2, 0.25) is 0 Å². The minimum atomic E-state index is 0.985. The van der Waals surface area contributed by atoms with Crippen molar-refractivity contribution >= 4 is 11.8 Å². The van der Waals surface area contributed by atoms with Crippen LogP contribution in [0, 0.1) is 48.5 Å². The lowest BCUT2D eigenvalue weighted by Gasteiger charge is -2.30. The summed E-state index contributed by atoms with van der Waals surface area (Å²) in [7, 11) is 0. The van der Waals surface area contributed by atoms with Crippen LogP contribution in [0.5, 0.6) is 11.5 Å². The summed E-state index contributed by atoms with van der Waals surface area (Å²) in [6, 6.07) is 0. The minimum absolute atomic E-state index is 0.985. The fourth-order valence-electron chi connectivity index (χ4n) is 3.80. The fraction of sp³-hybridized carbons (Fsp3) is 0.429. The van der Waals surface area contributed by atoms with E-state index >= 15 is 0 Å². The Kier molecular flexibility index (Phi) is 4.00. The van der Waals surface area contributed by atoms with Crippen molar-refractivity contribution in [1.82, 2.24) is 0 Å². The van der Waals surface area contributed by atoms with Crippen LogP contribution < -0.4 is 4.74 Å². The van der Waals surface area contributed by atoms with Crippen LogP contribution in [-0.2, 0) is 6.42 Å². The Bertz CT molecular complexity index is 831. The van der Waals surface area contributed by atoms with Gasteiger partial charge < -0.3 is 4.74 Å². The number of hydrogen-bond acceptors (Lipinski definition) is 2. The van der Waals surface area contributed by atoms with Crippen molar-refractivity contribution in [3.63, 3.8) is 0 Å². The molecule has 0 radical (unpaired) electrons. The van der Waals surface area contributed by atoms with E-state index in [1.807, 2.05) is 11.8 Å². The molecule has 122 valence electrons. The Morgan fingerprint density at radius 1 is 0.609 bits per heavy atom. The van der Waals surface area contributed by atoms with Crippen molar-refractivity contribution in [2.24, 2.45) is 0 Å². The molecule has 0 spiro atoms. The molecule has 0 saturated carbocycles. The van der Waals surface area contributed by atoms with E-state index < -0.39 is 0 Å². The molecule has 0 fully saturated rings. The van der Waals surface area contributed by atoms with Crippen LogP contribution >= 0.6 is 11.8 Å². The summed E-state index contributed by atoms with van der Waals surface area (Å²) < 4.78 is 6.51. The van der Waals surface area contributed by atoms with Gasteiger partial charge in [0.25, 0.3) is 0 Å². The summed E-state index contributed by atoms with van der Waals surface area (Å²) in [5, 5.41) is 0. The van der Waals surface area contributed by atoms with Crippen molar-refractivity contribution < 1.29 is 4.74 Å². The molecule has 1 aliphatic heterocycles. The molecule has 0 atom stereocenters. The third-order valence-electron chi connectivity index (χ3n) is 5.83. The van der Waals surface area contributed by atoms with Gasteiger partial charge in [-0.25, -0.2) is 0 Å². The second-order valence-corrected chi connectivity index (χ2v) is 7.62. The molecular formula is C21H26OS. The molecule has 3 rings (SSSR count). The summed E-state index contributed by atoms with van der Waals surface area (Å²) >= 11 is 1.85. The standard InChI is InChI=1S/C21H26OS/c1-10-11(2)13(4)19-17(12(10)3)9-18-16(7)21(23-8)15(6)14(5)20(18)22-19/h9H2,1-8H3. The van der Waals surface area contributed by atoms with Gasteiger partial charge in [-0.15, -0.1) is 11.8 Å². The van der Waals surface area contributed by atoms with E-state index in [9.17, 15) is 0 Å². The minimum Gasteiger partial charge on any atom is -0.456 e. The Labute approximate surface area is 144 Å². The summed E-state index contributed by atoms with van der Waals surface area (Å²) in [6.07, 6.45) is 3.15. The zero-order chi connectivity index (χ0) is 17.0. The first-order valence-electron chi connectivity index (χ1n) is 8.23. The average Bonchev–Trinajstić information content (AvgIpc) is 2.55. The van der Waals surface area contributed by atoms with E-state index in [0.717, 1.165) is 17.9 Å². The Hall–Kier alpha value is -1.41. The van der Waals surface area contributed by atoms with Gasteiger partial charge in [-0.2, -0.15) is 0 Å². The highest BCUT2D eigenvalue weighted by Crippen LogP contribution is 2.47. The molecule has 23 heavy (non-hydrogen) atoms. The molecule has 0 aliphatic carbocycles. The van der Waals surface area contributed by atoms with Crippen LogP contribution in [0.25, 0.3) is 0 Å². The lowest BCUT2D eigenvalue weighted by Crippen LogP contribution is -2.13. The molecule has 1 aliphatic rings. The second kappa shape index (κ2) is 5.59. The van der Waals surface area contributed by atoms with Gasteiger partial charge in [-0.3, -0.25) is 0 Å². The molecule has 0 saturated heterocycles. The second-order valence-electron chi connectivity index (χ2n) is 6.80. The van der Waals surface area contributed by atoms with E-state index in [-0.39, 0.29) is 0 Å². The smallest absolute Gasteiger partial charge is 0.134 e. The Morgan fingerprint density at radius 2 is 1.09 bits per heavy atom. The lowest BCUT2D eigenvalue weighted by molar-refractivity contribution is 0.449. The predicted octanol–water partition coefficient (Wildman–Crippen LogP) is 6.26. The number of fused-ring (bicyclic) bond motifs is 2. The molecule has 2 aromatic rings. The highest BCUT2D eigenvalue weighted by Gasteiger charge is 2.27. The highest BCUT2D eigenvalue weighted by molar-refractivity contribution is 7.98. The summed E-state index contributed by atoms with van der Waals surface area (Å²) in [4.78, 5) is 1.41. The van der Waals surface area contributed by atoms with E-state index in [4.69, 9.17) is 4.74 Å². The Morgan fingerprint density at radius 3 is 1.65 bits per heavy atom. The normalized spacial score (nSPS) is 12.7. The van der Waals surface area contributed by atoms with Crippen molar-refractivity contribution in [3.8, 4) is 11.5 Å². The molecule has 0 N–H and O–H groups in total. The number of thioether (sulfide) groups is 1. The van der Waals surface area contributed by atoms with Crippen LogP contribution in [0.3, 0.4) is 0 Å². The number of benzene rings is 2. The maximum Gasteiger partial charge on any atom is 0.134 e. The van der Waals surface area contributed by atoms with Gasteiger partial charge in [0.1, 0.15) is 11.5 Å². The largest absolute Gasteiger partial charge is 0.456 e. The molecular weight excluding hydrogens is 300 g/mol. The van der Waals surface area contributed by atoms with Crippen molar-refractivity contribution in [2.45, 2.75) is 59.8 Å². The molecule has 2 heteroatoms. The van der Waals surface area contributed by atoms with Gasteiger partial charge in [0.05, 0.1) is 0 Å². The topological polar surface area (TPSA) is 9.23 Å². The average molecular weight is 327 g/mol. The van der Waals surface area contributed by atoms with Crippen LogP contribution in [0.1, 0.15) is 50.1 Å². The van der Waals surface area contributed by atoms with Gasteiger partial charge >= 0.3 is 0 Å². The van der Waals surface area contributed by atoms with Crippen LogP contribution in [0.4, 0.5) is 0 Å². The Balaban J connectivity index is 2.31. The van der Waals surface area contributed by atoms with Crippen molar-refractivity contribution in [3.05, 3.63) is 50.1 Å². The summed E-state index contributed by atoms with van der Waals surface area (Å²) in [6.45, 7) is 15.5. The lowest BCUT2D eigenvalue weighted by atomic mass is 9.85. The van der Waals surface area contributed by atoms with Crippen LogP contribution in [-0.4, -0.2) is 6.26 Å². The first kappa shape index (κ1) is 16.4. The highest BCUT2D eigenvalue weighted by atomic mass is 32.2. The monoisotopic (exact) mass is 326 g/mol. The van der Waals surface area contributed by atoms with Crippen molar-refractivity contribution in [1.29, 1.82) is 0 Å². The molecule has 0 bridgehead atoms. The third-order valence-corrected chi connectivity index (χ3v) is 6.85. The van der Waals surface area contributed by atoms with E-state index in [0.29, 0.717) is 0 Å². The summed E-state index contributed by atoms with van der Waals surface area (Å²) in [5.41, 5.74) is 12.2. The van der Waals surface area contributed by atoms with Crippen molar-refractivity contribution in [2.75, 3.05) is 6.26 Å².